The van der Waals surface area contributed by atoms with Gasteiger partial charge in [0.05, 0.1) is 11.4 Å². The first kappa shape index (κ1) is 19.0. The minimum atomic E-state index is -0.136. The monoisotopic (exact) mass is 360 g/mol. The van der Waals surface area contributed by atoms with E-state index in [1.165, 1.54) is 11.3 Å². The molecule has 0 radical (unpaired) electrons. The highest BCUT2D eigenvalue weighted by molar-refractivity contribution is 7.12. The minimum Gasteiger partial charge on any atom is -0.492 e. The van der Waals surface area contributed by atoms with Crippen LogP contribution in [0.4, 0.5) is 0 Å². The Kier molecular flexibility index (Phi) is 7.01. The molecule has 0 spiro atoms. The second kappa shape index (κ2) is 9.22. The molecule has 2 aromatic rings. The standard InChI is InChI=1S/C19H24N2O3S/c1-14-11-15(2)13-16(12-14)24-9-8-21(3)18(22)6-7-20-19(23)17-5-4-10-25-17/h4-5,10-13H,6-9H2,1-3H3,(H,20,23). The molecule has 134 valence electrons. The normalized spacial score (nSPS) is 10.4. The number of aryl methyl sites for hydroxylation is 2. The molecule has 0 saturated heterocycles. The quantitative estimate of drug-likeness (QED) is 0.787. The predicted molar refractivity (Wildman–Crippen MR) is 100 cm³/mol. The van der Waals surface area contributed by atoms with Gasteiger partial charge in [-0.2, -0.15) is 0 Å². The van der Waals surface area contributed by atoms with Crippen LogP contribution in [0.1, 0.15) is 27.2 Å². The highest BCUT2D eigenvalue weighted by Crippen LogP contribution is 2.16. The molecule has 0 fully saturated rings. The molecule has 1 aromatic heterocycles. The van der Waals surface area contributed by atoms with E-state index < -0.39 is 0 Å². The highest BCUT2D eigenvalue weighted by atomic mass is 32.1. The van der Waals surface area contributed by atoms with E-state index in [4.69, 9.17) is 4.74 Å². The summed E-state index contributed by atoms with van der Waals surface area (Å²) in [4.78, 5) is 26.2. The van der Waals surface area contributed by atoms with Gasteiger partial charge < -0.3 is 15.0 Å². The molecule has 1 N–H and O–H groups in total. The molecule has 25 heavy (non-hydrogen) atoms. The van der Waals surface area contributed by atoms with Crippen LogP contribution < -0.4 is 10.1 Å². The third kappa shape index (κ3) is 6.23. The Bertz CT molecular complexity index is 693. The van der Waals surface area contributed by atoms with E-state index in [0.29, 0.717) is 24.6 Å². The summed E-state index contributed by atoms with van der Waals surface area (Å²) in [6.45, 7) is 5.33. The molecule has 1 aromatic carbocycles. The molecule has 5 nitrogen and oxygen atoms in total. The van der Waals surface area contributed by atoms with Gasteiger partial charge in [-0.3, -0.25) is 9.59 Å². The number of hydrogen-bond donors (Lipinski definition) is 1. The van der Waals surface area contributed by atoms with Crippen LogP contribution in [-0.2, 0) is 4.79 Å². The molecule has 2 rings (SSSR count). The smallest absolute Gasteiger partial charge is 0.261 e. The number of likely N-dealkylation sites (N-methyl/N-ethyl adjacent to an activating group) is 1. The number of ether oxygens (including phenoxy) is 1. The zero-order valence-electron chi connectivity index (χ0n) is 14.9. The summed E-state index contributed by atoms with van der Waals surface area (Å²) in [5.41, 5.74) is 2.31. The number of carbonyl (C=O) groups excluding carboxylic acids is 2. The van der Waals surface area contributed by atoms with Crippen molar-refractivity contribution in [1.29, 1.82) is 0 Å². The van der Waals surface area contributed by atoms with E-state index in [1.54, 1.807) is 18.0 Å². The number of benzene rings is 1. The Morgan fingerprint density at radius 2 is 1.92 bits per heavy atom. The topological polar surface area (TPSA) is 58.6 Å². The first-order valence-corrected chi connectivity index (χ1v) is 9.10. The van der Waals surface area contributed by atoms with Crippen molar-refractivity contribution in [3.8, 4) is 5.75 Å². The fourth-order valence-electron chi connectivity index (χ4n) is 2.41. The van der Waals surface area contributed by atoms with Crippen LogP contribution in [-0.4, -0.2) is 43.5 Å². The van der Waals surface area contributed by atoms with Crippen molar-refractivity contribution in [2.75, 3.05) is 26.7 Å². The zero-order valence-corrected chi connectivity index (χ0v) is 15.7. The summed E-state index contributed by atoms with van der Waals surface area (Å²) in [5.74, 6) is 0.667. The van der Waals surface area contributed by atoms with Crippen molar-refractivity contribution in [2.45, 2.75) is 20.3 Å². The lowest BCUT2D eigenvalue weighted by Gasteiger charge is -2.18. The number of rotatable bonds is 8. The van der Waals surface area contributed by atoms with E-state index >= 15 is 0 Å². The summed E-state index contributed by atoms with van der Waals surface area (Å²) in [7, 11) is 1.74. The maximum Gasteiger partial charge on any atom is 0.261 e. The largest absolute Gasteiger partial charge is 0.492 e. The number of nitrogens with one attached hydrogen (secondary N) is 1. The Hall–Kier alpha value is -2.34. The van der Waals surface area contributed by atoms with Crippen molar-refractivity contribution < 1.29 is 14.3 Å². The fourth-order valence-corrected chi connectivity index (χ4v) is 3.05. The molecule has 2 amide bonds. The number of thiophene rings is 1. The summed E-state index contributed by atoms with van der Waals surface area (Å²) < 4.78 is 5.72. The number of carbonyl (C=O) groups is 2. The third-order valence-corrected chi connectivity index (χ3v) is 4.55. The van der Waals surface area contributed by atoms with E-state index in [1.807, 2.05) is 37.4 Å². The molecule has 0 saturated carbocycles. The van der Waals surface area contributed by atoms with Crippen LogP contribution in [0.2, 0.25) is 0 Å². The Balaban J connectivity index is 1.67. The van der Waals surface area contributed by atoms with E-state index in [9.17, 15) is 9.59 Å². The van der Waals surface area contributed by atoms with Crippen molar-refractivity contribution in [2.24, 2.45) is 0 Å². The van der Waals surface area contributed by atoms with E-state index in [-0.39, 0.29) is 18.2 Å². The van der Waals surface area contributed by atoms with Gasteiger partial charge in [-0.25, -0.2) is 0 Å². The molecular weight excluding hydrogens is 336 g/mol. The lowest BCUT2D eigenvalue weighted by atomic mass is 10.1. The molecule has 1 heterocycles. The van der Waals surface area contributed by atoms with Gasteiger partial charge in [-0.1, -0.05) is 12.1 Å². The van der Waals surface area contributed by atoms with Crippen LogP contribution in [0.5, 0.6) is 5.75 Å². The van der Waals surface area contributed by atoms with Gasteiger partial charge in [0.2, 0.25) is 5.91 Å². The zero-order chi connectivity index (χ0) is 18.2. The number of nitrogens with zero attached hydrogens (tertiary/aromatic N) is 1. The van der Waals surface area contributed by atoms with E-state index in [0.717, 1.165) is 16.9 Å². The first-order chi connectivity index (χ1) is 12.0. The van der Waals surface area contributed by atoms with Crippen LogP contribution in [0.15, 0.2) is 35.7 Å². The van der Waals surface area contributed by atoms with Crippen LogP contribution in [0.3, 0.4) is 0 Å². The van der Waals surface area contributed by atoms with Crippen LogP contribution >= 0.6 is 11.3 Å². The van der Waals surface area contributed by atoms with Gasteiger partial charge in [-0.15, -0.1) is 11.3 Å². The van der Waals surface area contributed by atoms with Crippen molar-refractivity contribution >= 4 is 23.2 Å². The van der Waals surface area contributed by atoms with Crippen LogP contribution in [0.25, 0.3) is 0 Å². The van der Waals surface area contributed by atoms with Gasteiger partial charge in [-0.05, 0) is 48.6 Å². The number of amides is 2. The molecular formula is C19H24N2O3S. The number of hydrogen-bond acceptors (Lipinski definition) is 4. The Labute approximate surface area is 152 Å². The molecule has 0 aliphatic heterocycles. The second-order valence-corrected chi connectivity index (χ2v) is 6.92. The highest BCUT2D eigenvalue weighted by Gasteiger charge is 2.11. The average molecular weight is 360 g/mol. The fraction of sp³-hybridized carbons (Fsp3) is 0.368. The average Bonchev–Trinajstić information content (AvgIpc) is 3.08. The maximum atomic E-state index is 12.1. The summed E-state index contributed by atoms with van der Waals surface area (Å²) in [5, 5.41) is 4.61. The second-order valence-electron chi connectivity index (χ2n) is 5.97. The lowest BCUT2D eigenvalue weighted by Crippen LogP contribution is -2.34. The Morgan fingerprint density at radius 1 is 1.20 bits per heavy atom. The van der Waals surface area contributed by atoms with Gasteiger partial charge >= 0.3 is 0 Å². The molecule has 0 bridgehead atoms. The van der Waals surface area contributed by atoms with Gasteiger partial charge in [0, 0.05) is 20.0 Å². The molecule has 0 aliphatic carbocycles. The van der Waals surface area contributed by atoms with Gasteiger partial charge in [0.15, 0.2) is 0 Å². The SMILES string of the molecule is Cc1cc(C)cc(OCCN(C)C(=O)CCNC(=O)c2cccs2)c1. The minimum absolute atomic E-state index is 0.0181. The third-order valence-electron chi connectivity index (χ3n) is 3.69. The molecule has 6 heteroatoms. The Morgan fingerprint density at radius 3 is 2.56 bits per heavy atom. The summed E-state index contributed by atoms with van der Waals surface area (Å²) >= 11 is 1.38. The molecule has 0 atom stereocenters. The van der Waals surface area contributed by atoms with Crippen molar-refractivity contribution in [3.63, 3.8) is 0 Å². The first-order valence-electron chi connectivity index (χ1n) is 8.22. The van der Waals surface area contributed by atoms with Crippen LogP contribution in [0, 0.1) is 13.8 Å². The van der Waals surface area contributed by atoms with E-state index in [2.05, 4.69) is 11.4 Å². The van der Waals surface area contributed by atoms with Crippen molar-refractivity contribution in [1.82, 2.24) is 10.2 Å². The molecule has 0 unspecified atom stereocenters. The van der Waals surface area contributed by atoms with Crippen molar-refractivity contribution in [3.05, 3.63) is 51.7 Å². The lowest BCUT2D eigenvalue weighted by molar-refractivity contribution is -0.130. The predicted octanol–water partition coefficient (Wildman–Crippen LogP) is 3.02. The summed E-state index contributed by atoms with van der Waals surface area (Å²) in [6, 6.07) is 9.64. The van der Waals surface area contributed by atoms with Gasteiger partial charge in [0.25, 0.3) is 5.91 Å². The van der Waals surface area contributed by atoms with Gasteiger partial charge in [0.1, 0.15) is 12.4 Å². The maximum absolute atomic E-state index is 12.1. The summed E-state index contributed by atoms with van der Waals surface area (Å²) in [6.07, 6.45) is 0.275. The molecule has 0 aliphatic rings.